The van der Waals surface area contributed by atoms with E-state index in [2.05, 4.69) is 46.4 Å². The first-order valence-corrected chi connectivity index (χ1v) is 7.49. The fraction of sp³-hybridized carbons (Fsp3) is 0.235. The first-order valence-electron chi connectivity index (χ1n) is 6.70. The van der Waals surface area contributed by atoms with E-state index in [0.717, 1.165) is 15.8 Å². The summed E-state index contributed by atoms with van der Waals surface area (Å²) in [4.78, 5) is 0. The number of nitrogens with zero attached hydrogens (tertiary/aromatic N) is 1. The van der Waals surface area contributed by atoms with E-state index in [0.29, 0.717) is 12.1 Å². The van der Waals surface area contributed by atoms with Gasteiger partial charge in [-0.2, -0.15) is 5.26 Å². The summed E-state index contributed by atoms with van der Waals surface area (Å²) < 4.78 is 6.41. The smallest absolute Gasteiger partial charge is 0.123 e. The Balaban J connectivity index is 2.10. The lowest BCUT2D eigenvalue weighted by atomic mass is 10.1. The van der Waals surface area contributed by atoms with Gasteiger partial charge < -0.3 is 10.1 Å². The van der Waals surface area contributed by atoms with Gasteiger partial charge in [0.25, 0.3) is 0 Å². The number of hydrogen-bond acceptors (Lipinski definition) is 3. The maximum absolute atomic E-state index is 9.00. The predicted octanol–water partition coefficient (Wildman–Crippen LogP) is 4.18. The van der Waals surface area contributed by atoms with Crippen LogP contribution in [0.2, 0.25) is 0 Å². The van der Waals surface area contributed by atoms with Crippen molar-refractivity contribution in [1.82, 2.24) is 5.32 Å². The molecule has 1 atom stereocenters. The fourth-order valence-corrected chi connectivity index (χ4v) is 2.56. The molecule has 3 nitrogen and oxygen atoms in total. The zero-order valence-electron chi connectivity index (χ0n) is 12.1. The summed E-state index contributed by atoms with van der Waals surface area (Å²) >= 11 is 3.48. The first kappa shape index (κ1) is 15.6. The summed E-state index contributed by atoms with van der Waals surface area (Å²) in [5.41, 5.74) is 2.83. The van der Waals surface area contributed by atoms with E-state index in [4.69, 9.17) is 10.00 Å². The van der Waals surface area contributed by atoms with Crippen LogP contribution in [-0.4, -0.2) is 7.11 Å². The molecule has 108 valence electrons. The van der Waals surface area contributed by atoms with Crippen LogP contribution in [0.4, 0.5) is 0 Å². The molecule has 0 unspecified atom stereocenters. The van der Waals surface area contributed by atoms with E-state index in [9.17, 15) is 0 Å². The van der Waals surface area contributed by atoms with Crippen LogP contribution in [0.5, 0.6) is 5.75 Å². The van der Waals surface area contributed by atoms with Gasteiger partial charge in [0.15, 0.2) is 0 Å². The lowest BCUT2D eigenvalue weighted by Crippen LogP contribution is -2.18. The molecule has 1 N–H and O–H groups in total. The Morgan fingerprint density at radius 2 is 2.10 bits per heavy atom. The zero-order chi connectivity index (χ0) is 15.2. The average Bonchev–Trinajstić information content (AvgIpc) is 2.52. The molecule has 2 aromatic carbocycles. The van der Waals surface area contributed by atoms with Crippen LogP contribution in [0.1, 0.15) is 29.7 Å². The largest absolute Gasteiger partial charge is 0.496 e. The zero-order valence-corrected chi connectivity index (χ0v) is 13.6. The molecule has 0 amide bonds. The normalized spacial score (nSPS) is 11.7. The molecule has 0 aliphatic heterocycles. The molecule has 2 rings (SSSR count). The molecule has 0 aliphatic rings. The van der Waals surface area contributed by atoms with Gasteiger partial charge in [-0.05, 0) is 42.8 Å². The number of nitrogens with one attached hydrogen (secondary N) is 1. The first-order chi connectivity index (χ1) is 10.1. The molecule has 21 heavy (non-hydrogen) atoms. The number of nitriles is 1. The Kier molecular flexibility index (Phi) is 5.38. The van der Waals surface area contributed by atoms with E-state index < -0.39 is 0 Å². The molecule has 0 aromatic heterocycles. The van der Waals surface area contributed by atoms with Crippen LogP contribution in [0.25, 0.3) is 0 Å². The standard InChI is InChI=1S/C17H17BrN2O/c1-12(14-4-3-5-16(18)9-14)20-11-15-8-13(10-19)6-7-17(15)21-2/h3-9,12,20H,11H2,1-2H3/t12-/m0/s1. The van der Waals surface area contributed by atoms with Crippen molar-refractivity contribution in [3.8, 4) is 11.8 Å². The molecule has 0 spiro atoms. The van der Waals surface area contributed by atoms with Crippen LogP contribution in [0.3, 0.4) is 0 Å². The lowest BCUT2D eigenvalue weighted by Gasteiger charge is -2.16. The van der Waals surface area contributed by atoms with Gasteiger partial charge in [0, 0.05) is 22.6 Å². The Hall–Kier alpha value is -1.83. The van der Waals surface area contributed by atoms with Crippen LogP contribution in [0, 0.1) is 11.3 Å². The topological polar surface area (TPSA) is 45.0 Å². The summed E-state index contributed by atoms with van der Waals surface area (Å²) in [6.07, 6.45) is 0. The molecular weight excluding hydrogens is 328 g/mol. The minimum atomic E-state index is 0.206. The van der Waals surface area contributed by atoms with Crippen molar-refractivity contribution in [3.63, 3.8) is 0 Å². The number of halogens is 1. The third-order valence-electron chi connectivity index (χ3n) is 3.36. The summed E-state index contributed by atoms with van der Waals surface area (Å²) in [5.74, 6) is 0.794. The maximum Gasteiger partial charge on any atom is 0.123 e. The molecule has 0 fully saturated rings. The van der Waals surface area contributed by atoms with Crippen molar-refractivity contribution in [3.05, 3.63) is 63.6 Å². The van der Waals surface area contributed by atoms with Gasteiger partial charge in [-0.1, -0.05) is 28.1 Å². The summed E-state index contributed by atoms with van der Waals surface area (Å²) in [7, 11) is 1.64. The van der Waals surface area contributed by atoms with Crippen LogP contribution in [-0.2, 0) is 6.54 Å². The Labute approximate surface area is 133 Å². The van der Waals surface area contributed by atoms with Crippen molar-refractivity contribution >= 4 is 15.9 Å². The number of hydrogen-bond donors (Lipinski definition) is 1. The summed E-state index contributed by atoms with van der Waals surface area (Å²) in [5, 5.41) is 12.5. The number of methoxy groups -OCH3 is 1. The van der Waals surface area contributed by atoms with Gasteiger partial charge in [0.1, 0.15) is 5.75 Å². The van der Waals surface area contributed by atoms with Gasteiger partial charge in [-0.3, -0.25) is 0 Å². The van der Waals surface area contributed by atoms with Crippen molar-refractivity contribution in [2.45, 2.75) is 19.5 Å². The molecule has 0 bridgehead atoms. The maximum atomic E-state index is 9.00. The fourth-order valence-electron chi connectivity index (χ4n) is 2.14. The molecule has 2 aromatic rings. The van der Waals surface area contributed by atoms with E-state index in [1.807, 2.05) is 24.3 Å². The third kappa shape index (κ3) is 4.07. The van der Waals surface area contributed by atoms with Gasteiger partial charge >= 0.3 is 0 Å². The third-order valence-corrected chi connectivity index (χ3v) is 3.85. The second kappa shape index (κ2) is 7.26. The minimum absolute atomic E-state index is 0.206. The lowest BCUT2D eigenvalue weighted by molar-refractivity contribution is 0.406. The second-order valence-corrected chi connectivity index (χ2v) is 5.71. The van der Waals surface area contributed by atoms with Crippen molar-refractivity contribution in [2.24, 2.45) is 0 Å². The highest BCUT2D eigenvalue weighted by Crippen LogP contribution is 2.22. The number of benzene rings is 2. The quantitative estimate of drug-likeness (QED) is 0.884. The molecule has 4 heteroatoms. The highest BCUT2D eigenvalue weighted by atomic mass is 79.9. The Bertz CT molecular complexity index is 664. The summed E-state index contributed by atoms with van der Waals surface area (Å²) in [6.45, 7) is 2.76. The molecule has 0 heterocycles. The predicted molar refractivity (Wildman–Crippen MR) is 87.1 cm³/mol. The van der Waals surface area contributed by atoms with Crippen LogP contribution in [0.15, 0.2) is 46.9 Å². The van der Waals surface area contributed by atoms with E-state index in [1.54, 1.807) is 13.2 Å². The molecule has 0 aliphatic carbocycles. The van der Waals surface area contributed by atoms with Gasteiger partial charge in [0.05, 0.1) is 18.7 Å². The van der Waals surface area contributed by atoms with Gasteiger partial charge in [0.2, 0.25) is 0 Å². The highest BCUT2D eigenvalue weighted by Gasteiger charge is 2.08. The average molecular weight is 345 g/mol. The van der Waals surface area contributed by atoms with Crippen LogP contribution >= 0.6 is 15.9 Å². The molecule has 0 saturated carbocycles. The number of ether oxygens (including phenoxy) is 1. The minimum Gasteiger partial charge on any atom is -0.496 e. The highest BCUT2D eigenvalue weighted by molar-refractivity contribution is 9.10. The van der Waals surface area contributed by atoms with Crippen molar-refractivity contribution in [1.29, 1.82) is 5.26 Å². The van der Waals surface area contributed by atoms with E-state index in [1.165, 1.54) is 5.56 Å². The SMILES string of the molecule is COc1ccc(C#N)cc1CN[C@@H](C)c1cccc(Br)c1. The van der Waals surface area contributed by atoms with E-state index in [-0.39, 0.29) is 6.04 Å². The van der Waals surface area contributed by atoms with Crippen LogP contribution < -0.4 is 10.1 Å². The summed E-state index contributed by atoms with van der Waals surface area (Å²) in [6, 6.07) is 16.0. The van der Waals surface area contributed by atoms with Crippen molar-refractivity contribution in [2.75, 3.05) is 7.11 Å². The van der Waals surface area contributed by atoms with Gasteiger partial charge in [-0.15, -0.1) is 0 Å². The van der Waals surface area contributed by atoms with Crippen molar-refractivity contribution < 1.29 is 4.74 Å². The molecule has 0 radical (unpaired) electrons. The van der Waals surface area contributed by atoms with E-state index >= 15 is 0 Å². The molecular formula is C17H17BrN2O. The second-order valence-electron chi connectivity index (χ2n) is 4.80. The Morgan fingerprint density at radius 3 is 2.76 bits per heavy atom. The monoisotopic (exact) mass is 344 g/mol. The molecule has 0 saturated heterocycles. The van der Waals surface area contributed by atoms with Gasteiger partial charge in [-0.25, -0.2) is 0 Å². The Morgan fingerprint density at radius 1 is 1.29 bits per heavy atom. The number of rotatable bonds is 5.